The molecule has 1 heterocycles. The molecule has 0 spiro atoms. The Morgan fingerprint density at radius 1 is 1.15 bits per heavy atom. The Labute approximate surface area is 200 Å². The minimum atomic E-state index is -3.93. The molecule has 0 aliphatic heterocycles. The van der Waals surface area contributed by atoms with E-state index in [1.54, 1.807) is 20.8 Å². The number of hydrogen-bond acceptors (Lipinski definition) is 6. The third-order valence-corrected chi connectivity index (χ3v) is 6.69. The summed E-state index contributed by atoms with van der Waals surface area (Å²) in [4.78, 5) is 17.6. The largest absolute Gasteiger partial charge is 0.495 e. The zero-order valence-electron chi connectivity index (χ0n) is 20.2. The van der Waals surface area contributed by atoms with Crippen molar-refractivity contribution in [3.8, 4) is 5.75 Å². The lowest BCUT2D eigenvalue weighted by molar-refractivity contribution is 0.102. The van der Waals surface area contributed by atoms with Gasteiger partial charge in [0.15, 0.2) is 0 Å². The van der Waals surface area contributed by atoms with Crippen LogP contribution in [0.5, 0.6) is 5.75 Å². The molecule has 3 aromatic rings. The second-order valence-electron chi connectivity index (χ2n) is 8.80. The van der Waals surface area contributed by atoms with Crippen molar-refractivity contribution in [2.45, 2.75) is 51.1 Å². The molecule has 0 fully saturated rings. The highest BCUT2D eigenvalue weighted by molar-refractivity contribution is 7.89. The zero-order chi connectivity index (χ0) is 24.9. The van der Waals surface area contributed by atoms with E-state index < -0.39 is 21.5 Å². The van der Waals surface area contributed by atoms with Gasteiger partial charge in [-0.05, 0) is 64.4 Å². The predicted molar refractivity (Wildman–Crippen MR) is 132 cm³/mol. The molecular weight excluding hydrogens is 456 g/mol. The van der Waals surface area contributed by atoms with Gasteiger partial charge in [0.2, 0.25) is 16.0 Å². The number of nitrogens with one attached hydrogen (secondary N) is 2. The summed E-state index contributed by atoms with van der Waals surface area (Å²) in [5.74, 6) is 0.0587. The average molecular weight is 489 g/mol. The first-order valence-electron chi connectivity index (χ1n) is 11.1. The van der Waals surface area contributed by atoms with Crippen LogP contribution in [0.3, 0.4) is 0 Å². The first-order valence-corrected chi connectivity index (χ1v) is 12.6. The summed E-state index contributed by atoms with van der Waals surface area (Å²) in [6, 6.07) is 11.9. The van der Waals surface area contributed by atoms with Crippen LogP contribution in [0.1, 0.15) is 44.5 Å². The van der Waals surface area contributed by atoms with Gasteiger partial charge in [0, 0.05) is 30.9 Å². The van der Waals surface area contributed by atoms with Crippen LogP contribution in [-0.2, 0) is 21.3 Å². The number of nitrogens with zero attached hydrogens (tertiary/aromatic N) is 2. The number of benzene rings is 2. The van der Waals surface area contributed by atoms with Crippen LogP contribution in [0.4, 0.5) is 5.95 Å². The number of para-hydroxylation sites is 2. The van der Waals surface area contributed by atoms with E-state index in [2.05, 4.69) is 15.0 Å². The van der Waals surface area contributed by atoms with Crippen molar-refractivity contribution in [2.75, 3.05) is 25.6 Å². The van der Waals surface area contributed by atoms with E-state index in [4.69, 9.17) is 9.47 Å². The van der Waals surface area contributed by atoms with Crippen molar-refractivity contribution in [3.05, 3.63) is 48.0 Å². The number of aromatic nitrogens is 2. The van der Waals surface area contributed by atoms with Crippen LogP contribution in [-0.4, -0.2) is 49.7 Å². The lowest BCUT2D eigenvalue weighted by Crippen LogP contribution is -2.40. The van der Waals surface area contributed by atoms with E-state index in [1.807, 2.05) is 35.8 Å². The fourth-order valence-corrected chi connectivity index (χ4v) is 5.14. The first-order chi connectivity index (χ1) is 16.1. The van der Waals surface area contributed by atoms with Crippen molar-refractivity contribution in [3.63, 3.8) is 0 Å². The molecule has 1 amide bonds. The molecule has 184 valence electrons. The maximum absolute atomic E-state index is 13.1. The number of sulfonamides is 1. The number of carbonyl (C=O) groups is 1. The molecule has 0 atom stereocenters. The second-order valence-corrected chi connectivity index (χ2v) is 10.5. The normalized spacial score (nSPS) is 12.1. The highest BCUT2D eigenvalue weighted by atomic mass is 32.2. The summed E-state index contributed by atoms with van der Waals surface area (Å²) in [5, 5.41) is 2.84. The van der Waals surface area contributed by atoms with Gasteiger partial charge in [0.1, 0.15) is 10.6 Å². The molecule has 0 radical (unpaired) electrons. The zero-order valence-corrected chi connectivity index (χ0v) is 21.0. The molecule has 1 aromatic heterocycles. The van der Waals surface area contributed by atoms with Gasteiger partial charge < -0.3 is 14.0 Å². The van der Waals surface area contributed by atoms with Crippen LogP contribution < -0.4 is 14.8 Å². The number of carbonyl (C=O) groups excluding carboxylic acids is 1. The molecular formula is C24H32N4O5S. The molecule has 0 saturated heterocycles. The van der Waals surface area contributed by atoms with Gasteiger partial charge in [-0.25, -0.2) is 18.1 Å². The fraction of sp³-hybridized carbons (Fsp3) is 0.417. The first kappa shape index (κ1) is 25.7. The molecule has 0 saturated carbocycles. The second kappa shape index (κ2) is 10.5. The minimum Gasteiger partial charge on any atom is -0.495 e. The third kappa shape index (κ3) is 6.13. The maximum atomic E-state index is 13.1. The van der Waals surface area contributed by atoms with Crippen molar-refractivity contribution in [1.29, 1.82) is 0 Å². The van der Waals surface area contributed by atoms with E-state index in [-0.39, 0.29) is 16.2 Å². The molecule has 10 heteroatoms. The summed E-state index contributed by atoms with van der Waals surface area (Å²) in [6.07, 6.45) is 0.750. The Balaban J connectivity index is 1.93. The lowest BCUT2D eigenvalue weighted by atomic mass is 10.1. The van der Waals surface area contributed by atoms with E-state index in [9.17, 15) is 13.2 Å². The van der Waals surface area contributed by atoms with E-state index >= 15 is 0 Å². The number of ether oxygens (including phenoxy) is 2. The number of amides is 1. The fourth-order valence-electron chi connectivity index (χ4n) is 3.53. The monoisotopic (exact) mass is 488 g/mol. The van der Waals surface area contributed by atoms with Crippen molar-refractivity contribution in [2.24, 2.45) is 0 Å². The Hall–Kier alpha value is -2.95. The smallest absolute Gasteiger partial charge is 0.258 e. The molecule has 2 N–H and O–H groups in total. The number of imidazole rings is 1. The maximum Gasteiger partial charge on any atom is 0.258 e. The van der Waals surface area contributed by atoms with Crippen LogP contribution in [0.15, 0.2) is 47.4 Å². The number of aryl methyl sites for hydroxylation is 1. The number of hydrogen-bond donors (Lipinski definition) is 2. The summed E-state index contributed by atoms with van der Waals surface area (Å²) < 4.78 is 41.1. The minimum absolute atomic E-state index is 0.109. The van der Waals surface area contributed by atoms with Gasteiger partial charge in [0.05, 0.1) is 18.1 Å². The van der Waals surface area contributed by atoms with Crippen molar-refractivity contribution in [1.82, 2.24) is 14.3 Å². The highest BCUT2D eigenvalue weighted by Gasteiger charge is 2.26. The molecule has 9 nitrogen and oxygen atoms in total. The quantitative estimate of drug-likeness (QED) is 0.420. The van der Waals surface area contributed by atoms with Crippen LogP contribution in [0, 0.1) is 0 Å². The Morgan fingerprint density at radius 3 is 2.56 bits per heavy atom. The van der Waals surface area contributed by atoms with E-state index in [0.717, 1.165) is 17.5 Å². The van der Waals surface area contributed by atoms with E-state index in [1.165, 1.54) is 25.3 Å². The Kier molecular flexibility index (Phi) is 7.96. The van der Waals surface area contributed by atoms with Gasteiger partial charge in [-0.3, -0.25) is 10.1 Å². The Morgan fingerprint density at radius 2 is 1.88 bits per heavy atom. The topological polar surface area (TPSA) is 112 Å². The molecule has 0 unspecified atom stereocenters. The number of anilines is 1. The summed E-state index contributed by atoms with van der Waals surface area (Å²) in [7, 11) is -2.54. The number of fused-ring (bicyclic) bond motifs is 1. The lowest BCUT2D eigenvalue weighted by Gasteiger charge is -2.21. The molecule has 3 rings (SSSR count). The molecule has 0 aliphatic rings. The molecule has 0 aliphatic carbocycles. The SMILES string of the molecule is CCOCCCn1c(NC(=O)c2ccc(OC)c(S(=O)(=O)NC(C)(C)C)c2)nc2ccccc21. The molecule has 0 bridgehead atoms. The third-order valence-electron chi connectivity index (χ3n) is 4.91. The van der Waals surface area contributed by atoms with Crippen molar-refractivity contribution >= 4 is 32.9 Å². The average Bonchev–Trinajstić information content (AvgIpc) is 3.11. The molecule has 2 aromatic carbocycles. The standard InChI is InChI=1S/C24H32N4O5S/c1-6-33-15-9-14-28-19-11-8-7-10-18(19)25-23(28)26-22(29)17-12-13-20(32-5)21(16-17)34(30,31)27-24(2,3)4/h7-8,10-13,16,27H,6,9,14-15H2,1-5H3,(H,25,26,29). The van der Waals surface area contributed by atoms with Crippen molar-refractivity contribution < 1.29 is 22.7 Å². The van der Waals surface area contributed by atoms with Gasteiger partial charge in [-0.1, -0.05) is 12.1 Å². The predicted octanol–water partition coefficient (Wildman–Crippen LogP) is 3.80. The van der Waals surface area contributed by atoms with Crippen LogP contribution >= 0.6 is 0 Å². The molecule has 34 heavy (non-hydrogen) atoms. The van der Waals surface area contributed by atoms with Crippen LogP contribution in [0.2, 0.25) is 0 Å². The highest BCUT2D eigenvalue weighted by Crippen LogP contribution is 2.27. The summed E-state index contributed by atoms with van der Waals surface area (Å²) in [5.41, 5.74) is 1.11. The van der Waals surface area contributed by atoms with Gasteiger partial charge in [0.25, 0.3) is 5.91 Å². The van der Waals surface area contributed by atoms with E-state index in [0.29, 0.717) is 25.7 Å². The van der Waals surface area contributed by atoms with Gasteiger partial charge in [-0.15, -0.1) is 0 Å². The summed E-state index contributed by atoms with van der Waals surface area (Å²) >= 11 is 0. The number of rotatable bonds is 10. The van der Waals surface area contributed by atoms with Crippen LogP contribution in [0.25, 0.3) is 11.0 Å². The van der Waals surface area contributed by atoms with Gasteiger partial charge in [-0.2, -0.15) is 0 Å². The van der Waals surface area contributed by atoms with Gasteiger partial charge >= 0.3 is 0 Å². The number of methoxy groups -OCH3 is 1. The summed E-state index contributed by atoms with van der Waals surface area (Å²) in [6.45, 7) is 9.00. The Bertz CT molecular complexity index is 1260.